The largest absolute Gasteiger partial charge is 0.359 e. The molecule has 0 atom stereocenters. The molecular weight excluding hydrogens is 372 g/mol. The summed E-state index contributed by atoms with van der Waals surface area (Å²) in [6, 6.07) is 11.1. The van der Waals surface area contributed by atoms with Gasteiger partial charge in [-0.15, -0.1) is 0 Å². The Morgan fingerprint density at radius 3 is 2.54 bits per heavy atom. The minimum Gasteiger partial charge on any atom is -0.359 e. The molecule has 1 amide bonds. The molecule has 0 saturated carbocycles. The average molecular weight is 389 g/mol. The molecule has 2 heterocycles. The minimum atomic E-state index is -0.320. The highest BCUT2D eigenvalue weighted by atomic mass is 79.9. The van der Waals surface area contributed by atoms with Crippen molar-refractivity contribution in [1.29, 1.82) is 0 Å². The van der Waals surface area contributed by atoms with Gasteiger partial charge >= 0.3 is 0 Å². The number of anilines is 1. The van der Waals surface area contributed by atoms with Crippen LogP contribution in [0.5, 0.6) is 0 Å². The number of hydrogen-bond donors (Lipinski definition) is 2. The van der Waals surface area contributed by atoms with Gasteiger partial charge in [0, 0.05) is 21.5 Å². The van der Waals surface area contributed by atoms with Gasteiger partial charge in [0.25, 0.3) is 5.91 Å². The number of carbonyl (C=O) groups excluding carboxylic acids is 1. The molecule has 3 rings (SSSR count). The molecule has 0 fully saturated rings. The van der Waals surface area contributed by atoms with Crippen molar-refractivity contribution in [2.45, 2.75) is 26.2 Å². The first kappa shape index (κ1) is 16.4. The van der Waals surface area contributed by atoms with Crippen molar-refractivity contribution in [2.24, 2.45) is 0 Å². The van der Waals surface area contributed by atoms with Crippen LogP contribution in [0.2, 0.25) is 0 Å². The smallest absolute Gasteiger partial charge is 0.274 e. The highest BCUT2D eigenvalue weighted by Gasteiger charge is 2.21. The molecule has 0 radical (unpaired) electrons. The van der Waals surface area contributed by atoms with Gasteiger partial charge in [0.1, 0.15) is 11.5 Å². The summed E-state index contributed by atoms with van der Waals surface area (Å²) < 4.78 is 6.24. The number of nitrogens with zero attached hydrogens (tertiary/aromatic N) is 2. The molecule has 0 aliphatic carbocycles. The number of carbonyl (C=O) groups is 1. The van der Waals surface area contributed by atoms with Gasteiger partial charge in [-0.25, -0.2) is 0 Å². The third-order valence-corrected chi connectivity index (χ3v) is 3.98. The summed E-state index contributed by atoms with van der Waals surface area (Å²) in [6.45, 7) is 6.04. The third-order valence-electron chi connectivity index (χ3n) is 3.45. The molecule has 0 aliphatic rings. The summed E-state index contributed by atoms with van der Waals surface area (Å²) in [6.07, 6.45) is 0. The van der Waals surface area contributed by atoms with Crippen molar-refractivity contribution in [1.82, 2.24) is 15.4 Å². The molecular formula is C17H17BrN4O2. The second-order valence-corrected chi connectivity index (χ2v) is 7.37. The molecule has 2 aromatic heterocycles. The zero-order valence-electron chi connectivity index (χ0n) is 13.6. The number of rotatable bonds is 3. The van der Waals surface area contributed by atoms with Crippen LogP contribution >= 0.6 is 15.9 Å². The van der Waals surface area contributed by atoms with Crippen molar-refractivity contribution < 1.29 is 9.32 Å². The summed E-state index contributed by atoms with van der Waals surface area (Å²) in [5.74, 6) is 0.766. The lowest BCUT2D eigenvalue weighted by Crippen LogP contribution is -2.13. The molecule has 1 aromatic carbocycles. The Morgan fingerprint density at radius 1 is 1.21 bits per heavy atom. The van der Waals surface area contributed by atoms with Crippen molar-refractivity contribution in [2.75, 3.05) is 5.32 Å². The average Bonchev–Trinajstić information content (AvgIpc) is 3.16. The molecule has 124 valence electrons. The summed E-state index contributed by atoms with van der Waals surface area (Å²) in [4.78, 5) is 12.3. The lowest BCUT2D eigenvalue weighted by molar-refractivity contribution is 0.102. The fourth-order valence-electron chi connectivity index (χ4n) is 2.08. The maximum absolute atomic E-state index is 12.3. The molecule has 6 nitrogen and oxygen atoms in total. The number of hydrogen-bond acceptors (Lipinski definition) is 4. The van der Waals surface area contributed by atoms with Gasteiger partial charge in [-0.1, -0.05) is 54.0 Å². The van der Waals surface area contributed by atoms with Crippen LogP contribution in [0.1, 0.15) is 37.0 Å². The maximum Gasteiger partial charge on any atom is 0.274 e. The quantitative estimate of drug-likeness (QED) is 0.697. The first-order chi connectivity index (χ1) is 11.3. The second-order valence-electron chi connectivity index (χ2n) is 6.45. The monoisotopic (exact) mass is 388 g/mol. The van der Waals surface area contributed by atoms with Gasteiger partial charge in [0.2, 0.25) is 0 Å². The number of aromatic nitrogens is 3. The third kappa shape index (κ3) is 3.56. The first-order valence-corrected chi connectivity index (χ1v) is 8.22. The van der Waals surface area contributed by atoms with E-state index in [0.717, 1.165) is 10.0 Å². The number of amides is 1. The van der Waals surface area contributed by atoms with Gasteiger partial charge in [0.15, 0.2) is 5.82 Å². The van der Waals surface area contributed by atoms with Crippen molar-refractivity contribution in [3.05, 3.63) is 52.3 Å². The van der Waals surface area contributed by atoms with Crippen LogP contribution in [0.25, 0.3) is 11.3 Å². The van der Waals surface area contributed by atoms with Crippen molar-refractivity contribution in [3.8, 4) is 11.3 Å². The summed E-state index contributed by atoms with van der Waals surface area (Å²) in [5, 5.41) is 13.5. The predicted octanol–water partition coefficient (Wildman–Crippen LogP) is 4.38. The highest BCUT2D eigenvalue weighted by molar-refractivity contribution is 9.10. The van der Waals surface area contributed by atoms with Crippen LogP contribution in [-0.2, 0) is 5.41 Å². The van der Waals surface area contributed by atoms with Crippen LogP contribution in [0.15, 0.2) is 45.4 Å². The van der Waals surface area contributed by atoms with E-state index in [2.05, 4.69) is 36.6 Å². The van der Waals surface area contributed by atoms with E-state index in [0.29, 0.717) is 23.0 Å². The van der Waals surface area contributed by atoms with Gasteiger partial charge in [0.05, 0.1) is 5.69 Å². The fraction of sp³-hybridized carbons (Fsp3) is 0.235. The van der Waals surface area contributed by atoms with Crippen LogP contribution in [0, 0.1) is 0 Å². The van der Waals surface area contributed by atoms with Gasteiger partial charge < -0.3 is 9.84 Å². The molecule has 24 heavy (non-hydrogen) atoms. The van der Waals surface area contributed by atoms with Gasteiger partial charge in [-0.05, 0) is 18.2 Å². The van der Waals surface area contributed by atoms with E-state index in [1.807, 2.05) is 45.0 Å². The van der Waals surface area contributed by atoms with E-state index in [1.165, 1.54) is 0 Å². The summed E-state index contributed by atoms with van der Waals surface area (Å²) >= 11 is 3.39. The molecule has 0 aliphatic heterocycles. The molecule has 3 aromatic rings. The summed E-state index contributed by atoms with van der Waals surface area (Å²) in [5.41, 5.74) is 1.81. The minimum absolute atomic E-state index is 0.168. The standard InChI is InChI=1S/C17H17BrN4O2/c1-17(2,3)14-9-15(22-24-14)19-16(23)13-8-12(20-21-13)10-4-6-11(18)7-5-10/h4-9H,1-3H3,(H,20,21)(H,19,22,23). The number of aromatic amines is 1. The second kappa shape index (κ2) is 6.24. The number of H-pyrrole nitrogens is 1. The Labute approximate surface area is 147 Å². The summed E-state index contributed by atoms with van der Waals surface area (Å²) in [7, 11) is 0. The Bertz CT molecular complexity index is 859. The van der Waals surface area contributed by atoms with E-state index < -0.39 is 0 Å². The highest BCUT2D eigenvalue weighted by Crippen LogP contribution is 2.25. The normalized spacial score (nSPS) is 11.5. The topological polar surface area (TPSA) is 83.8 Å². The number of nitrogens with one attached hydrogen (secondary N) is 2. The molecule has 0 saturated heterocycles. The zero-order valence-corrected chi connectivity index (χ0v) is 15.1. The maximum atomic E-state index is 12.3. The van der Waals surface area contributed by atoms with E-state index in [-0.39, 0.29) is 11.3 Å². The zero-order chi connectivity index (χ0) is 17.3. The molecule has 7 heteroatoms. The Morgan fingerprint density at radius 2 is 1.92 bits per heavy atom. The lowest BCUT2D eigenvalue weighted by Gasteiger charge is -2.11. The molecule has 0 spiro atoms. The van der Waals surface area contributed by atoms with Crippen molar-refractivity contribution >= 4 is 27.7 Å². The lowest BCUT2D eigenvalue weighted by atomic mass is 9.93. The first-order valence-electron chi connectivity index (χ1n) is 7.43. The Balaban J connectivity index is 1.74. The van der Waals surface area contributed by atoms with E-state index in [9.17, 15) is 4.79 Å². The van der Waals surface area contributed by atoms with E-state index >= 15 is 0 Å². The van der Waals surface area contributed by atoms with E-state index in [4.69, 9.17) is 4.52 Å². The van der Waals surface area contributed by atoms with E-state index in [1.54, 1.807) is 12.1 Å². The van der Waals surface area contributed by atoms with Crippen LogP contribution in [0.3, 0.4) is 0 Å². The Hall–Kier alpha value is -2.41. The predicted molar refractivity (Wildman–Crippen MR) is 94.9 cm³/mol. The van der Waals surface area contributed by atoms with Crippen LogP contribution in [0.4, 0.5) is 5.82 Å². The molecule has 0 unspecified atom stereocenters. The van der Waals surface area contributed by atoms with Crippen molar-refractivity contribution in [3.63, 3.8) is 0 Å². The van der Waals surface area contributed by atoms with Crippen LogP contribution < -0.4 is 5.32 Å². The molecule has 2 N–H and O–H groups in total. The molecule has 0 bridgehead atoms. The number of benzene rings is 1. The fourth-order valence-corrected chi connectivity index (χ4v) is 2.34. The van der Waals surface area contributed by atoms with Crippen LogP contribution in [-0.4, -0.2) is 21.3 Å². The van der Waals surface area contributed by atoms with Gasteiger partial charge in [-0.2, -0.15) is 5.10 Å². The number of halogens is 1. The SMILES string of the molecule is CC(C)(C)c1cc(NC(=O)c2cc(-c3ccc(Br)cc3)n[nH]2)no1. The van der Waals surface area contributed by atoms with Gasteiger partial charge in [-0.3, -0.25) is 9.89 Å². The Kier molecular flexibility index (Phi) is 4.28.